The first-order valence-electron chi connectivity index (χ1n) is 9.85. The van der Waals surface area contributed by atoms with Gasteiger partial charge in [-0.25, -0.2) is 14.4 Å². The van der Waals surface area contributed by atoms with E-state index in [1.165, 1.54) is 18.5 Å². The van der Waals surface area contributed by atoms with Crippen molar-refractivity contribution in [2.24, 2.45) is 7.05 Å². The maximum Gasteiger partial charge on any atom is 0.231 e. The zero-order valence-corrected chi connectivity index (χ0v) is 17.5. The van der Waals surface area contributed by atoms with Crippen molar-refractivity contribution >= 4 is 40.0 Å². The highest BCUT2D eigenvalue weighted by atomic mass is 35.5. The molecule has 31 heavy (non-hydrogen) atoms. The Hall–Kier alpha value is -3.45. The van der Waals surface area contributed by atoms with Gasteiger partial charge in [-0.1, -0.05) is 17.7 Å². The number of nitrogen functional groups attached to an aromatic ring is 1. The van der Waals surface area contributed by atoms with Gasteiger partial charge in [0, 0.05) is 36.1 Å². The number of fused-ring (bicyclic) bond motifs is 2. The number of halogens is 2. The van der Waals surface area contributed by atoms with Crippen molar-refractivity contribution in [3.05, 3.63) is 70.9 Å². The summed E-state index contributed by atoms with van der Waals surface area (Å²) in [5, 5.41) is 1.10. The SMILES string of the molecule is Cn1cc(-c2ccc3c(c2)CCN3C(=O)Cc2cc(F)cc(Cl)c2)c2c(N)ncnc21. The summed E-state index contributed by atoms with van der Waals surface area (Å²) in [6, 6.07) is 10.2. The number of hydrogen-bond acceptors (Lipinski definition) is 4. The van der Waals surface area contributed by atoms with Gasteiger partial charge in [0.15, 0.2) is 0 Å². The molecule has 1 aliphatic rings. The molecule has 3 heterocycles. The first-order valence-corrected chi connectivity index (χ1v) is 10.2. The molecular formula is C23H19ClFN5O. The van der Waals surface area contributed by atoms with Crippen LogP contribution in [0.25, 0.3) is 22.2 Å². The predicted octanol–water partition coefficient (Wildman–Crippen LogP) is 4.14. The number of nitrogens with two attached hydrogens (primary N) is 1. The fraction of sp³-hybridized carbons (Fsp3) is 0.174. The first-order chi connectivity index (χ1) is 14.9. The molecule has 0 spiro atoms. The van der Waals surface area contributed by atoms with Crippen molar-refractivity contribution in [3.63, 3.8) is 0 Å². The van der Waals surface area contributed by atoms with Gasteiger partial charge in [-0.2, -0.15) is 0 Å². The second-order valence-corrected chi connectivity index (χ2v) is 8.14. The standard InChI is InChI=1S/C23H19ClFN5O/c1-29-11-18(21-22(26)27-12-28-23(21)29)14-2-3-19-15(9-14)4-5-30(19)20(31)8-13-6-16(24)10-17(25)7-13/h2-3,6-7,9-12H,4-5,8H2,1H3,(H2,26,27,28). The van der Waals surface area contributed by atoms with Crippen LogP contribution in [-0.2, 0) is 24.7 Å². The molecule has 1 amide bonds. The number of nitrogens with zero attached hydrogens (tertiary/aromatic N) is 4. The molecule has 8 heteroatoms. The smallest absolute Gasteiger partial charge is 0.231 e. The highest BCUT2D eigenvalue weighted by molar-refractivity contribution is 6.30. The van der Waals surface area contributed by atoms with Gasteiger partial charge >= 0.3 is 0 Å². The number of amides is 1. The number of benzene rings is 2. The van der Waals surface area contributed by atoms with Crippen LogP contribution >= 0.6 is 11.6 Å². The van der Waals surface area contributed by atoms with E-state index >= 15 is 0 Å². The highest BCUT2D eigenvalue weighted by Gasteiger charge is 2.26. The molecule has 4 aromatic rings. The second kappa shape index (κ2) is 7.35. The van der Waals surface area contributed by atoms with E-state index in [0.29, 0.717) is 17.9 Å². The van der Waals surface area contributed by atoms with Crippen LogP contribution in [0.1, 0.15) is 11.1 Å². The summed E-state index contributed by atoms with van der Waals surface area (Å²) in [4.78, 5) is 23.1. The van der Waals surface area contributed by atoms with Crippen LogP contribution in [0.15, 0.2) is 48.9 Å². The molecule has 2 aromatic carbocycles. The number of carbonyl (C=O) groups excluding carboxylic acids is 1. The van der Waals surface area contributed by atoms with Gasteiger partial charge in [-0.05, 0) is 53.4 Å². The van der Waals surface area contributed by atoms with Crippen LogP contribution in [0.5, 0.6) is 0 Å². The minimum absolute atomic E-state index is 0.0871. The maximum absolute atomic E-state index is 13.6. The number of aryl methyl sites for hydroxylation is 1. The third kappa shape index (κ3) is 3.41. The molecule has 0 unspecified atom stereocenters. The zero-order chi connectivity index (χ0) is 21.7. The molecule has 6 nitrogen and oxygen atoms in total. The summed E-state index contributed by atoms with van der Waals surface area (Å²) in [5.74, 6) is -0.0947. The third-order valence-corrected chi connectivity index (χ3v) is 5.87. The fourth-order valence-electron chi connectivity index (χ4n) is 4.26. The van der Waals surface area contributed by atoms with Crippen LogP contribution in [-0.4, -0.2) is 27.0 Å². The second-order valence-electron chi connectivity index (χ2n) is 7.70. The van der Waals surface area contributed by atoms with Crippen LogP contribution in [0.3, 0.4) is 0 Å². The monoisotopic (exact) mass is 435 g/mol. The number of carbonyl (C=O) groups is 1. The van der Waals surface area contributed by atoms with Crippen LogP contribution in [0, 0.1) is 5.82 Å². The largest absolute Gasteiger partial charge is 0.383 e. The lowest BCUT2D eigenvalue weighted by atomic mass is 10.0. The summed E-state index contributed by atoms with van der Waals surface area (Å²) in [6.45, 7) is 0.585. The Balaban J connectivity index is 1.46. The van der Waals surface area contributed by atoms with Gasteiger partial charge in [0.1, 0.15) is 23.6 Å². The Morgan fingerprint density at radius 1 is 1.23 bits per heavy atom. The van der Waals surface area contributed by atoms with Gasteiger partial charge in [-0.15, -0.1) is 0 Å². The van der Waals surface area contributed by atoms with E-state index in [0.717, 1.165) is 39.8 Å². The van der Waals surface area contributed by atoms with Crippen LogP contribution in [0.4, 0.5) is 15.9 Å². The predicted molar refractivity (Wildman–Crippen MR) is 120 cm³/mol. The van der Waals surface area contributed by atoms with Crippen molar-refractivity contribution in [2.75, 3.05) is 17.2 Å². The van der Waals surface area contributed by atoms with Crippen LogP contribution in [0.2, 0.25) is 5.02 Å². The van der Waals surface area contributed by atoms with E-state index in [4.69, 9.17) is 17.3 Å². The van der Waals surface area contributed by atoms with E-state index in [9.17, 15) is 9.18 Å². The lowest BCUT2D eigenvalue weighted by molar-refractivity contribution is -0.117. The summed E-state index contributed by atoms with van der Waals surface area (Å²) < 4.78 is 15.5. The van der Waals surface area contributed by atoms with Crippen molar-refractivity contribution < 1.29 is 9.18 Å². The Kier molecular flexibility index (Phi) is 4.63. The van der Waals surface area contributed by atoms with Gasteiger partial charge in [0.25, 0.3) is 0 Å². The minimum atomic E-state index is -0.444. The molecule has 0 saturated heterocycles. The molecule has 0 aliphatic carbocycles. The molecule has 2 aromatic heterocycles. The molecular weight excluding hydrogens is 417 g/mol. The highest BCUT2D eigenvalue weighted by Crippen LogP contribution is 2.37. The number of hydrogen-bond donors (Lipinski definition) is 1. The first kappa shape index (κ1) is 19.5. The number of aromatic nitrogens is 3. The number of rotatable bonds is 3. The van der Waals surface area contributed by atoms with E-state index in [2.05, 4.69) is 16.0 Å². The third-order valence-electron chi connectivity index (χ3n) is 5.65. The van der Waals surface area contributed by atoms with Crippen LogP contribution < -0.4 is 10.6 Å². The molecule has 0 bridgehead atoms. The van der Waals surface area contributed by atoms with Gasteiger partial charge < -0.3 is 15.2 Å². The quantitative estimate of drug-likeness (QED) is 0.524. The summed E-state index contributed by atoms with van der Waals surface area (Å²) in [5.41, 5.74) is 11.4. The average molecular weight is 436 g/mol. The fourth-order valence-corrected chi connectivity index (χ4v) is 4.51. The lowest BCUT2D eigenvalue weighted by Gasteiger charge is -2.18. The van der Waals surface area contributed by atoms with E-state index < -0.39 is 5.82 Å². The van der Waals surface area contributed by atoms with E-state index in [-0.39, 0.29) is 17.4 Å². The summed E-state index contributed by atoms with van der Waals surface area (Å²) in [7, 11) is 1.92. The lowest BCUT2D eigenvalue weighted by Crippen LogP contribution is -2.30. The van der Waals surface area contributed by atoms with E-state index in [1.54, 1.807) is 11.0 Å². The topological polar surface area (TPSA) is 77.0 Å². The number of anilines is 2. The van der Waals surface area contributed by atoms with Crippen molar-refractivity contribution in [3.8, 4) is 11.1 Å². The Labute approximate surface area is 183 Å². The van der Waals surface area contributed by atoms with Gasteiger partial charge in [-0.3, -0.25) is 4.79 Å². The summed E-state index contributed by atoms with van der Waals surface area (Å²) in [6.07, 6.45) is 4.29. The molecule has 0 fully saturated rings. The Morgan fingerprint density at radius 3 is 2.87 bits per heavy atom. The summed E-state index contributed by atoms with van der Waals surface area (Å²) >= 11 is 5.92. The minimum Gasteiger partial charge on any atom is -0.383 e. The van der Waals surface area contributed by atoms with E-state index in [1.807, 2.05) is 29.9 Å². The molecule has 1 aliphatic heterocycles. The Morgan fingerprint density at radius 2 is 2.06 bits per heavy atom. The van der Waals surface area contributed by atoms with Crippen molar-refractivity contribution in [2.45, 2.75) is 12.8 Å². The van der Waals surface area contributed by atoms with Gasteiger partial charge in [0.05, 0.1) is 11.8 Å². The average Bonchev–Trinajstić information content (AvgIpc) is 3.29. The maximum atomic E-state index is 13.6. The molecule has 0 radical (unpaired) electrons. The zero-order valence-electron chi connectivity index (χ0n) is 16.8. The van der Waals surface area contributed by atoms with Crippen molar-refractivity contribution in [1.29, 1.82) is 0 Å². The normalized spacial score (nSPS) is 13.1. The Bertz CT molecular complexity index is 1330. The molecule has 5 rings (SSSR count). The molecule has 0 atom stereocenters. The molecule has 0 saturated carbocycles. The van der Waals surface area contributed by atoms with Gasteiger partial charge in [0.2, 0.25) is 5.91 Å². The molecule has 156 valence electrons. The van der Waals surface area contributed by atoms with Crippen molar-refractivity contribution in [1.82, 2.24) is 14.5 Å². The molecule has 2 N–H and O–H groups in total.